The van der Waals surface area contributed by atoms with Gasteiger partial charge in [-0.05, 0) is 13.8 Å². The molecule has 4 heteroatoms. The maximum Gasteiger partial charge on any atom is 0.165 e. The van der Waals surface area contributed by atoms with Crippen LogP contribution in [0.2, 0.25) is 0 Å². The van der Waals surface area contributed by atoms with Gasteiger partial charge in [-0.25, -0.2) is 0 Å². The monoisotopic (exact) mass is 145 g/mol. The van der Waals surface area contributed by atoms with E-state index in [1.54, 1.807) is 7.11 Å². The lowest BCUT2D eigenvalue weighted by Crippen LogP contribution is -2.65. The number of hydrogen-bond acceptors (Lipinski definition) is 4. The average molecular weight is 145 g/mol. The molecule has 60 valence electrons. The van der Waals surface area contributed by atoms with Crippen LogP contribution in [-0.4, -0.2) is 25.8 Å². The van der Waals surface area contributed by atoms with E-state index in [2.05, 4.69) is 29.8 Å². The van der Waals surface area contributed by atoms with Crippen molar-refractivity contribution in [3.63, 3.8) is 0 Å². The van der Waals surface area contributed by atoms with Gasteiger partial charge in [-0.3, -0.25) is 16.0 Å². The zero-order chi connectivity index (χ0) is 7.56. The lowest BCUT2D eigenvalue weighted by atomic mass is 10.4. The van der Waals surface area contributed by atoms with Crippen LogP contribution in [0.1, 0.15) is 13.8 Å². The molecular formula is C6H15N3O. The van der Waals surface area contributed by atoms with Gasteiger partial charge in [0.2, 0.25) is 0 Å². The molecule has 0 aliphatic carbocycles. The molecule has 0 bridgehead atoms. The van der Waals surface area contributed by atoms with Crippen LogP contribution in [0.15, 0.2) is 0 Å². The summed E-state index contributed by atoms with van der Waals surface area (Å²) in [6, 6.07) is 0. The third-order valence-corrected chi connectivity index (χ3v) is 1.54. The molecule has 10 heavy (non-hydrogen) atoms. The molecule has 2 unspecified atom stereocenters. The zero-order valence-electron chi connectivity index (χ0n) is 6.64. The first kappa shape index (κ1) is 7.94. The Morgan fingerprint density at radius 1 is 1.00 bits per heavy atom. The van der Waals surface area contributed by atoms with E-state index in [0.717, 1.165) is 0 Å². The summed E-state index contributed by atoms with van der Waals surface area (Å²) in [5.74, 6) is 0. The van der Waals surface area contributed by atoms with Gasteiger partial charge in [0.15, 0.2) is 6.35 Å². The van der Waals surface area contributed by atoms with Gasteiger partial charge in [0.1, 0.15) is 0 Å². The molecule has 1 fully saturated rings. The standard InChI is InChI=1S/C6H15N3O/c1-4-7-5(2)9-6(8-4)10-3/h4-9H,1-3H3. The molecule has 0 aromatic carbocycles. The Morgan fingerprint density at radius 2 is 1.50 bits per heavy atom. The summed E-state index contributed by atoms with van der Waals surface area (Å²) >= 11 is 0. The minimum atomic E-state index is -0.0220. The van der Waals surface area contributed by atoms with Gasteiger partial charge in [-0.2, -0.15) is 0 Å². The fraction of sp³-hybridized carbons (Fsp3) is 1.00. The second kappa shape index (κ2) is 3.30. The number of hydrogen-bond donors (Lipinski definition) is 3. The van der Waals surface area contributed by atoms with Crippen molar-refractivity contribution < 1.29 is 4.74 Å². The Balaban J connectivity index is 2.35. The van der Waals surface area contributed by atoms with Gasteiger partial charge in [0, 0.05) is 7.11 Å². The highest BCUT2D eigenvalue weighted by atomic mass is 16.5. The second-order valence-electron chi connectivity index (χ2n) is 2.56. The van der Waals surface area contributed by atoms with Crippen molar-refractivity contribution in [1.82, 2.24) is 16.0 Å². The van der Waals surface area contributed by atoms with Crippen molar-refractivity contribution in [3.8, 4) is 0 Å². The predicted octanol–water partition coefficient (Wildman–Crippen LogP) is -0.609. The SMILES string of the molecule is COC1NC(C)NC(C)N1. The molecule has 1 aliphatic rings. The van der Waals surface area contributed by atoms with E-state index >= 15 is 0 Å². The molecule has 0 saturated carbocycles. The van der Waals surface area contributed by atoms with Crippen molar-refractivity contribution in [2.75, 3.05) is 7.11 Å². The lowest BCUT2D eigenvalue weighted by Gasteiger charge is -2.34. The van der Waals surface area contributed by atoms with Crippen LogP contribution in [0.3, 0.4) is 0 Å². The van der Waals surface area contributed by atoms with Gasteiger partial charge >= 0.3 is 0 Å². The molecule has 0 aromatic heterocycles. The van der Waals surface area contributed by atoms with E-state index in [4.69, 9.17) is 4.74 Å². The van der Waals surface area contributed by atoms with Crippen LogP contribution in [0, 0.1) is 0 Å². The molecule has 4 nitrogen and oxygen atoms in total. The fourth-order valence-corrected chi connectivity index (χ4v) is 1.11. The van der Waals surface area contributed by atoms with Crippen molar-refractivity contribution >= 4 is 0 Å². The zero-order valence-corrected chi connectivity index (χ0v) is 6.64. The summed E-state index contributed by atoms with van der Waals surface area (Å²) in [6.45, 7) is 4.12. The number of ether oxygens (including phenoxy) is 1. The Bertz CT molecular complexity index is 99.2. The molecule has 0 aromatic rings. The van der Waals surface area contributed by atoms with Crippen molar-refractivity contribution in [2.45, 2.75) is 32.5 Å². The van der Waals surface area contributed by atoms with Gasteiger partial charge in [-0.15, -0.1) is 0 Å². The normalized spacial score (nSPS) is 41.7. The van der Waals surface area contributed by atoms with Gasteiger partial charge in [0.05, 0.1) is 12.3 Å². The second-order valence-corrected chi connectivity index (χ2v) is 2.56. The largest absolute Gasteiger partial charge is 0.353 e. The van der Waals surface area contributed by atoms with Crippen LogP contribution in [0.5, 0.6) is 0 Å². The maximum atomic E-state index is 5.07. The summed E-state index contributed by atoms with van der Waals surface area (Å²) in [5, 5.41) is 9.55. The molecule has 0 amide bonds. The summed E-state index contributed by atoms with van der Waals surface area (Å²) in [7, 11) is 1.68. The molecule has 1 rings (SSSR count). The summed E-state index contributed by atoms with van der Waals surface area (Å²) in [5.41, 5.74) is 0. The topological polar surface area (TPSA) is 45.3 Å². The number of nitrogens with one attached hydrogen (secondary N) is 3. The quantitative estimate of drug-likeness (QED) is 0.460. The van der Waals surface area contributed by atoms with Crippen molar-refractivity contribution in [2.24, 2.45) is 0 Å². The molecule has 3 N–H and O–H groups in total. The minimum Gasteiger partial charge on any atom is -0.353 e. The third kappa shape index (κ3) is 1.91. The van der Waals surface area contributed by atoms with Crippen molar-refractivity contribution in [3.05, 3.63) is 0 Å². The predicted molar refractivity (Wildman–Crippen MR) is 39.1 cm³/mol. The summed E-state index contributed by atoms with van der Waals surface area (Å²) < 4.78 is 5.07. The van der Waals surface area contributed by atoms with Crippen LogP contribution < -0.4 is 16.0 Å². The van der Waals surface area contributed by atoms with E-state index in [1.807, 2.05) is 0 Å². The van der Waals surface area contributed by atoms with Gasteiger partial charge < -0.3 is 4.74 Å². The molecule has 1 heterocycles. The minimum absolute atomic E-state index is 0.0220. The maximum absolute atomic E-state index is 5.07. The van der Waals surface area contributed by atoms with Crippen LogP contribution in [0.25, 0.3) is 0 Å². The first-order chi connectivity index (χ1) is 4.72. The molecule has 0 spiro atoms. The van der Waals surface area contributed by atoms with Crippen LogP contribution in [0.4, 0.5) is 0 Å². The Labute approximate surface area is 61.3 Å². The van der Waals surface area contributed by atoms with E-state index < -0.39 is 0 Å². The highest BCUT2D eigenvalue weighted by Gasteiger charge is 2.19. The first-order valence-corrected chi connectivity index (χ1v) is 3.53. The smallest absolute Gasteiger partial charge is 0.165 e. The van der Waals surface area contributed by atoms with E-state index in [0.29, 0.717) is 12.3 Å². The highest BCUT2D eigenvalue weighted by Crippen LogP contribution is 1.92. The lowest BCUT2D eigenvalue weighted by molar-refractivity contribution is -0.00301. The van der Waals surface area contributed by atoms with Gasteiger partial charge in [-0.1, -0.05) is 0 Å². The van der Waals surface area contributed by atoms with Crippen LogP contribution >= 0.6 is 0 Å². The van der Waals surface area contributed by atoms with E-state index in [9.17, 15) is 0 Å². The molecule has 0 radical (unpaired) electrons. The molecule has 1 aliphatic heterocycles. The first-order valence-electron chi connectivity index (χ1n) is 3.53. The van der Waals surface area contributed by atoms with E-state index in [-0.39, 0.29) is 6.35 Å². The highest BCUT2D eigenvalue weighted by molar-refractivity contribution is 4.72. The molecule has 2 atom stereocenters. The number of rotatable bonds is 1. The summed E-state index contributed by atoms with van der Waals surface area (Å²) in [4.78, 5) is 0. The fourth-order valence-electron chi connectivity index (χ4n) is 1.11. The average Bonchev–Trinajstić information content (AvgIpc) is 1.85. The van der Waals surface area contributed by atoms with Crippen molar-refractivity contribution in [1.29, 1.82) is 0 Å². The van der Waals surface area contributed by atoms with Crippen LogP contribution in [-0.2, 0) is 4.74 Å². The third-order valence-electron chi connectivity index (χ3n) is 1.54. The molecular weight excluding hydrogens is 130 g/mol. The Kier molecular flexibility index (Phi) is 2.62. The Hall–Kier alpha value is -0.160. The Morgan fingerprint density at radius 3 is 1.90 bits per heavy atom. The summed E-state index contributed by atoms with van der Waals surface area (Å²) in [6.07, 6.45) is 0.591. The van der Waals surface area contributed by atoms with E-state index in [1.165, 1.54) is 0 Å². The van der Waals surface area contributed by atoms with Gasteiger partial charge in [0.25, 0.3) is 0 Å². The number of methoxy groups -OCH3 is 1. The molecule has 1 saturated heterocycles.